The van der Waals surface area contributed by atoms with Crippen LogP contribution in [-0.4, -0.2) is 29.0 Å². The van der Waals surface area contributed by atoms with E-state index in [1.165, 1.54) is 11.3 Å². The number of benzene rings is 1. The summed E-state index contributed by atoms with van der Waals surface area (Å²) in [6.07, 6.45) is 6.42. The number of rotatable bonds is 5. The van der Waals surface area contributed by atoms with E-state index in [2.05, 4.69) is 34.7 Å². The van der Waals surface area contributed by atoms with E-state index in [1.54, 1.807) is 13.3 Å². The van der Waals surface area contributed by atoms with Crippen molar-refractivity contribution >= 4 is 5.69 Å². The maximum absolute atomic E-state index is 5.30. The van der Waals surface area contributed by atoms with Crippen LogP contribution in [0, 0.1) is 0 Å². The van der Waals surface area contributed by atoms with Crippen molar-refractivity contribution in [1.82, 2.24) is 9.78 Å². The van der Waals surface area contributed by atoms with Gasteiger partial charge in [-0.25, -0.2) is 0 Å². The summed E-state index contributed by atoms with van der Waals surface area (Å²) in [7, 11) is 1.78. The first-order valence-corrected chi connectivity index (χ1v) is 6.69. The van der Waals surface area contributed by atoms with Crippen LogP contribution in [0.3, 0.4) is 0 Å². The second-order valence-electron chi connectivity index (χ2n) is 5.07. The fraction of sp³-hybridized carbons (Fsp3) is 0.400. The van der Waals surface area contributed by atoms with Crippen LogP contribution in [0.15, 0.2) is 42.7 Å². The highest BCUT2D eigenvalue weighted by Gasteiger charge is 2.28. The molecule has 0 bridgehead atoms. The monoisotopic (exact) mass is 257 g/mol. The van der Waals surface area contributed by atoms with Crippen molar-refractivity contribution in [2.45, 2.75) is 31.5 Å². The van der Waals surface area contributed by atoms with Gasteiger partial charge in [0, 0.05) is 31.2 Å². The number of anilines is 1. The highest BCUT2D eigenvalue weighted by Crippen LogP contribution is 2.26. The minimum Gasteiger partial charge on any atom is -0.382 e. The molecular weight excluding hydrogens is 238 g/mol. The summed E-state index contributed by atoms with van der Waals surface area (Å²) < 4.78 is 7.23. The number of methoxy groups -OCH3 is 1. The Kier molecular flexibility index (Phi) is 3.51. The Balaban J connectivity index is 1.60. The van der Waals surface area contributed by atoms with E-state index in [9.17, 15) is 0 Å². The van der Waals surface area contributed by atoms with Crippen LogP contribution < -0.4 is 5.32 Å². The molecule has 0 saturated heterocycles. The first-order valence-electron chi connectivity index (χ1n) is 6.69. The quantitative estimate of drug-likeness (QED) is 0.894. The van der Waals surface area contributed by atoms with E-state index in [4.69, 9.17) is 4.74 Å². The third-order valence-corrected chi connectivity index (χ3v) is 3.63. The molecule has 2 aromatic rings. The van der Waals surface area contributed by atoms with Crippen LogP contribution in [0.5, 0.6) is 0 Å². The highest BCUT2D eigenvalue weighted by molar-refractivity contribution is 5.47. The molecule has 1 saturated carbocycles. The molecule has 100 valence electrons. The molecule has 1 aliphatic carbocycles. The van der Waals surface area contributed by atoms with Crippen molar-refractivity contribution in [2.24, 2.45) is 0 Å². The molecule has 4 nitrogen and oxygen atoms in total. The molecule has 1 aromatic carbocycles. The van der Waals surface area contributed by atoms with Crippen LogP contribution in [0.4, 0.5) is 5.69 Å². The largest absolute Gasteiger partial charge is 0.382 e. The molecule has 1 fully saturated rings. The van der Waals surface area contributed by atoms with Gasteiger partial charge in [0.1, 0.15) is 0 Å². The lowest BCUT2D eigenvalue weighted by molar-refractivity contribution is 0.0329. The minimum absolute atomic E-state index is 0.435. The normalized spacial score (nSPS) is 21.9. The Morgan fingerprint density at radius 2 is 2.26 bits per heavy atom. The summed E-state index contributed by atoms with van der Waals surface area (Å²) in [5.74, 6) is 0. The first-order chi connectivity index (χ1) is 9.33. The fourth-order valence-corrected chi connectivity index (χ4v) is 2.45. The Morgan fingerprint density at radius 3 is 3.00 bits per heavy atom. The Bertz CT molecular complexity index is 518. The summed E-state index contributed by atoms with van der Waals surface area (Å²) in [6, 6.07) is 11.0. The summed E-state index contributed by atoms with van der Waals surface area (Å²) in [5, 5.41) is 7.78. The van der Waals surface area contributed by atoms with Gasteiger partial charge in [-0.1, -0.05) is 12.1 Å². The maximum atomic E-state index is 5.30. The lowest BCUT2D eigenvalue weighted by Crippen LogP contribution is -2.40. The van der Waals surface area contributed by atoms with Crippen molar-refractivity contribution in [2.75, 3.05) is 12.4 Å². The maximum Gasteiger partial charge on any atom is 0.0660 e. The zero-order valence-electron chi connectivity index (χ0n) is 11.1. The van der Waals surface area contributed by atoms with Gasteiger partial charge in [-0.05, 0) is 36.6 Å². The SMILES string of the molecule is COC1CC(Nc2cccc(Cn3cccn3)c2)C1. The van der Waals surface area contributed by atoms with E-state index in [0.29, 0.717) is 12.1 Å². The summed E-state index contributed by atoms with van der Waals surface area (Å²) in [5.41, 5.74) is 2.44. The van der Waals surface area contributed by atoms with Gasteiger partial charge in [0.2, 0.25) is 0 Å². The molecule has 0 spiro atoms. The molecule has 1 aliphatic rings. The number of nitrogens with one attached hydrogen (secondary N) is 1. The van der Waals surface area contributed by atoms with E-state index in [0.717, 1.165) is 19.4 Å². The van der Waals surface area contributed by atoms with Crippen molar-refractivity contribution < 1.29 is 4.74 Å². The molecule has 1 aromatic heterocycles. The topological polar surface area (TPSA) is 39.1 Å². The van der Waals surface area contributed by atoms with Crippen molar-refractivity contribution in [3.05, 3.63) is 48.3 Å². The smallest absolute Gasteiger partial charge is 0.0660 e. The molecule has 3 rings (SSSR count). The fourth-order valence-electron chi connectivity index (χ4n) is 2.45. The third kappa shape index (κ3) is 2.96. The summed E-state index contributed by atoms with van der Waals surface area (Å²) in [6.45, 7) is 0.813. The molecule has 1 N–H and O–H groups in total. The molecule has 1 heterocycles. The molecular formula is C15H19N3O. The Hall–Kier alpha value is -1.81. The van der Waals surface area contributed by atoms with Gasteiger partial charge in [0.15, 0.2) is 0 Å². The second kappa shape index (κ2) is 5.45. The van der Waals surface area contributed by atoms with Gasteiger partial charge in [-0.15, -0.1) is 0 Å². The zero-order valence-corrected chi connectivity index (χ0v) is 11.1. The highest BCUT2D eigenvalue weighted by atomic mass is 16.5. The lowest BCUT2D eigenvalue weighted by Gasteiger charge is -2.35. The predicted molar refractivity (Wildman–Crippen MR) is 75.2 cm³/mol. The van der Waals surface area contributed by atoms with Crippen LogP contribution in [0.2, 0.25) is 0 Å². The summed E-state index contributed by atoms with van der Waals surface area (Å²) >= 11 is 0. The van der Waals surface area contributed by atoms with Gasteiger partial charge < -0.3 is 10.1 Å². The average molecular weight is 257 g/mol. The van der Waals surface area contributed by atoms with E-state index >= 15 is 0 Å². The number of ether oxygens (including phenoxy) is 1. The number of hydrogen-bond acceptors (Lipinski definition) is 3. The van der Waals surface area contributed by atoms with Crippen LogP contribution in [0.1, 0.15) is 18.4 Å². The van der Waals surface area contributed by atoms with Gasteiger partial charge >= 0.3 is 0 Å². The second-order valence-corrected chi connectivity index (χ2v) is 5.07. The summed E-state index contributed by atoms with van der Waals surface area (Å²) in [4.78, 5) is 0. The van der Waals surface area contributed by atoms with E-state index in [-0.39, 0.29) is 0 Å². The van der Waals surface area contributed by atoms with Crippen LogP contribution in [-0.2, 0) is 11.3 Å². The molecule has 0 atom stereocenters. The van der Waals surface area contributed by atoms with Crippen molar-refractivity contribution in [3.8, 4) is 0 Å². The molecule has 4 heteroatoms. The predicted octanol–water partition coefficient (Wildman–Crippen LogP) is 2.52. The van der Waals surface area contributed by atoms with Crippen LogP contribution >= 0.6 is 0 Å². The van der Waals surface area contributed by atoms with E-state index in [1.807, 2.05) is 16.9 Å². The lowest BCUT2D eigenvalue weighted by atomic mass is 9.89. The Morgan fingerprint density at radius 1 is 1.37 bits per heavy atom. The molecule has 19 heavy (non-hydrogen) atoms. The standard InChI is InChI=1S/C15H19N3O/c1-19-15-9-14(10-15)17-13-5-2-4-12(8-13)11-18-7-3-6-16-18/h2-8,14-15,17H,9-11H2,1H3. The molecule has 0 unspecified atom stereocenters. The number of nitrogens with zero attached hydrogens (tertiary/aromatic N) is 2. The van der Waals surface area contributed by atoms with Crippen molar-refractivity contribution in [3.63, 3.8) is 0 Å². The van der Waals surface area contributed by atoms with Gasteiger partial charge in [0.05, 0.1) is 12.6 Å². The number of hydrogen-bond donors (Lipinski definition) is 1. The minimum atomic E-state index is 0.435. The third-order valence-electron chi connectivity index (χ3n) is 3.63. The molecule has 0 amide bonds. The number of aromatic nitrogens is 2. The van der Waals surface area contributed by atoms with Gasteiger partial charge in [0.25, 0.3) is 0 Å². The van der Waals surface area contributed by atoms with Crippen molar-refractivity contribution in [1.29, 1.82) is 0 Å². The average Bonchev–Trinajstić information content (AvgIpc) is 2.86. The molecule has 0 radical (unpaired) electrons. The van der Waals surface area contributed by atoms with Crippen LogP contribution in [0.25, 0.3) is 0 Å². The Labute approximate surface area is 113 Å². The molecule has 0 aliphatic heterocycles. The zero-order chi connectivity index (χ0) is 13.1. The van der Waals surface area contributed by atoms with Gasteiger partial charge in [-0.3, -0.25) is 4.68 Å². The van der Waals surface area contributed by atoms with Gasteiger partial charge in [-0.2, -0.15) is 5.10 Å². The first kappa shape index (κ1) is 12.2. The van der Waals surface area contributed by atoms with E-state index < -0.39 is 0 Å².